The van der Waals surface area contributed by atoms with Gasteiger partial charge < -0.3 is 14.4 Å². The van der Waals surface area contributed by atoms with Crippen LogP contribution in [0.15, 0.2) is 48.7 Å². The predicted octanol–water partition coefficient (Wildman–Crippen LogP) is 7.03. The molecule has 1 aliphatic heterocycles. The van der Waals surface area contributed by atoms with Crippen molar-refractivity contribution in [3.8, 4) is 16.9 Å². The van der Waals surface area contributed by atoms with Gasteiger partial charge in [-0.15, -0.1) is 0 Å². The molecule has 1 aliphatic rings. The Morgan fingerprint density at radius 3 is 2.47 bits per heavy atom. The van der Waals surface area contributed by atoms with Crippen molar-refractivity contribution < 1.29 is 23.0 Å². The summed E-state index contributed by atoms with van der Waals surface area (Å²) in [6.45, 7) is 8.33. The standard InChI is InChI=1S/C30H33ClF2N2O3/c1-4-37-27(36)18-23-28(35-14-12-30(2,3)13-15-35)24(19-34-29(23)31)21-7-10-26(25(33)17-21)38-16-11-20-5-8-22(32)9-6-20/h5-10,17,19H,4,11-16,18H2,1-3H3. The highest BCUT2D eigenvalue weighted by Gasteiger charge is 2.30. The van der Waals surface area contributed by atoms with E-state index < -0.39 is 5.82 Å². The third kappa shape index (κ3) is 6.81. The SMILES string of the molecule is CCOC(=O)Cc1c(Cl)ncc(-c2ccc(OCCc3ccc(F)cc3)c(F)c2)c1N1CCC(C)(C)CC1. The van der Waals surface area contributed by atoms with Crippen molar-refractivity contribution >= 4 is 23.3 Å². The van der Waals surface area contributed by atoms with E-state index in [-0.39, 0.29) is 47.7 Å². The van der Waals surface area contributed by atoms with Crippen LogP contribution in [0.2, 0.25) is 5.15 Å². The van der Waals surface area contributed by atoms with E-state index in [0.717, 1.165) is 37.2 Å². The van der Waals surface area contributed by atoms with E-state index in [2.05, 4.69) is 23.7 Å². The van der Waals surface area contributed by atoms with Crippen molar-refractivity contribution in [3.05, 3.63) is 76.6 Å². The van der Waals surface area contributed by atoms with Crippen LogP contribution in [-0.4, -0.2) is 37.3 Å². The van der Waals surface area contributed by atoms with Gasteiger partial charge in [0.1, 0.15) is 11.0 Å². The fourth-order valence-electron chi connectivity index (χ4n) is 4.66. The summed E-state index contributed by atoms with van der Waals surface area (Å²) in [6, 6.07) is 10.9. The van der Waals surface area contributed by atoms with Crippen LogP contribution < -0.4 is 9.64 Å². The van der Waals surface area contributed by atoms with E-state index >= 15 is 4.39 Å². The number of carbonyl (C=O) groups is 1. The number of hydrogen-bond acceptors (Lipinski definition) is 5. The Hall–Kier alpha value is -3.19. The Morgan fingerprint density at radius 1 is 1.11 bits per heavy atom. The van der Waals surface area contributed by atoms with Crippen molar-refractivity contribution in [2.75, 3.05) is 31.2 Å². The lowest BCUT2D eigenvalue weighted by atomic mass is 9.82. The Kier molecular flexibility index (Phi) is 8.87. The molecule has 0 bridgehead atoms. The van der Waals surface area contributed by atoms with Gasteiger partial charge in [-0.25, -0.2) is 13.8 Å². The summed E-state index contributed by atoms with van der Waals surface area (Å²) in [6.07, 6.45) is 4.09. The number of nitrogens with zero attached hydrogens (tertiary/aromatic N) is 2. The zero-order valence-electron chi connectivity index (χ0n) is 22.0. The number of rotatable bonds is 9. The molecule has 38 heavy (non-hydrogen) atoms. The van der Waals surface area contributed by atoms with Gasteiger partial charge in [-0.1, -0.05) is 43.6 Å². The van der Waals surface area contributed by atoms with Crippen LogP contribution in [0, 0.1) is 17.0 Å². The number of carbonyl (C=O) groups excluding carboxylic acids is 1. The first-order chi connectivity index (χ1) is 18.2. The fraction of sp³-hybridized carbons (Fsp3) is 0.400. The maximum absolute atomic E-state index is 15.2. The van der Waals surface area contributed by atoms with Crippen molar-refractivity contribution in [1.29, 1.82) is 0 Å². The molecule has 8 heteroatoms. The smallest absolute Gasteiger partial charge is 0.310 e. The quantitative estimate of drug-likeness (QED) is 0.214. The highest BCUT2D eigenvalue weighted by atomic mass is 35.5. The number of anilines is 1. The molecule has 0 saturated carbocycles. The minimum absolute atomic E-state index is 0.0181. The molecule has 0 unspecified atom stereocenters. The lowest BCUT2D eigenvalue weighted by Crippen LogP contribution is -2.38. The summed E-state index contributed by atoms with van der Waals surface area (Å²) < 4.78 is 39.2. The number of benzene rings is 2. The number of pyridine rings is 1. The molecule has 0 aliphatic carbocycles. The molecule has 0 amide bonds. The van der Waals surface area contributed by atoms with Gasteiger partial charge in [-0.05, 0) is 60.6 Å². The first-order valence-corrected chi connectivity index (χ1v) is 13.3. The van der Waals surface area contributed by atoms with E-state index in [1.54, 1.807) is 37.4 Å². The number of ether oxygens (including phenoxy) is 2. The maximum atomic E-state index is 15.2. The van der Waals surface area contributed by atoms with Gasteiger partial charge >= 0.3 is 5.97 Å². The second-order valence-electron chi connectivity index (χ2n) is 10.3. The molecule has 2 heterocycles. The average Bonchev–Trinajstić information content (AvgIpc) is 2.88. The first-order valence-electron chi connectivity index (χ1n) is 12.9. The largest absolute Gasteiger partial charge is 0.490 e. The number of halogens is 3. The topological polar surface area (TPSA) is 51.7 Å². The lowest BCUT2D eigenvalue weighted by Gasteiger charge is -2.40. The van der Waals surface area contributed by atoms with Crippen LogP contribution in [-0.2, 0) is 22.4 Å². The summed E-state index contributed by atoms with van der Waals surface area (Å²) in [5.74, 6) is -1.06. The molecule has 0 atom stereocenters. The number of hydrogen-bond donors (Lipinski definition) is 0. The summed E-state index contributed by atoms with van der Waals surface area (Å²) in [7, 11) is 0. The van der Waals surface area contributed by atoms with Gasteiger partial charge in [0.15, 0.2) is 11.6 Å². The molecule has 0 spiro atoms. The zero-order chi connectivity index (χ0) is 27.3. The van der Waals surface area contributed by atoms with E-state index in [1.807, 2.05) is 0 Å². The molecule has 1 fully saturated rings. The number of esters is 1. The molecular weight excluding hydrogens is 510 g/mol. The van der Waals surface area contributed by atoms with Gasteiger partial charge in [0.25, 0.3) is 0 Å². The normalized spacial score (nSPS) is 14.8. The Morgan fingerprint density at radius 2 is 1.82 bits per heavy atom. The number of piperidine rings is 1. The predicted molar refractivity (Wildman–Crippen MR) is 146 cm³/mol. The second kappa shape index (κ2) is 12.1. The Balaban J connectivity index is 1.62. The van der Waals surface area contributed by atoms with Crippen LogP contribution in [0.1, 0.15) is 44.7 Å². The van der Waals surface area contributed by atoms with E-state index in [0.29, 0.717) is 23.1 Å². The third-order valence-electron chi connectivity index (χ3n) is 6.96. The summed E-state index contributed by atoms with van der Waals surface area (Å²) in [5.41, 5.74) is 3.81. The molecular formula is C30H33ClF2N2O3. The molecule has 0 N–H and O–H groups in total. The summed E-state index contributed by atoms with van der Waals surface area (Å²) >= 11 is 6.52. The van der Waals surface area contributed by atoms with Crippen molar-refractivity contribution in [1.82, 2.24) is 4.98 Å². The minimum Gasteiger partial charge on any atom is -0.490 e. The van der Waals surface area contributed by atoms with Crippen LogP contribution in [0.5, 0.6) is 5.75 Å². The Bertz CT molecular complexity index is 1270. The molecule has 3 aromatic rings. The van der Waals surface area contributed by atoms with Crippen molar-refractivity contribution in [3.63, 3.8) is 0 Å². The third-order valence-corrected chi connectivity index (χ3v) is 7.29. The highest BCUT2D eigenvalue weighted by Crippen LogP contribution is 2.41. The molecule has 5 nitrogen and oxygen atoms in total. The number of aromatic nitrogens is 1. The maximum Gasteiger partial charge on any atom is 0.310 e. The lowest BCUT2D eigenvalue weighted by molar-refractivity contribution is -0.142. The van der Waals surface area contributed by atoms with Gasteiger partial charge in [0, 0.05) is 36.8 Å². The van der Waals surface area contributed by atoms with Crippen LogP contribution in [0.25, 0.3) is 11.1 Å². The van der Waals surface area contributed by atoms with Gasteiger partial charge in [-0.2, -0.15) is 0 Å². The van der Waals surface area contributed by atoms with Crippen molar-refractivity contribution in [2.24, 2.45) is 5.41 Å². The van der Waals surface area contributed by atoms with Crippen molar-refractivity contribution in [2.45, 2.75) is 46.5 Å². The van der Waals surface area contributed by atoms with Crippen LogP contribution >= 0.6 is 11.6 Å². The highest BCUT2D eigenvalue weighted by molar-refractivity contribution is 6.31. The molecule has 2 aromatic carbocycles. The van der Waals surface area contributed by atoms with Gasteiger partial charge in [0.05, 0.1) is 25.3 Å². The zero-order valence-corrected chi connectivity index (χ0v) is 22.8. The first kappa shape index (κ1) is 27.8. The second-order valence-corrected chi connectivity index (χ2v) is 10.7. The molecule has 202 valence electrons. The molecule has 1 saturated heterocycles. The van der Waals surface area contributed by atoms with Crippen LogP contribution in [0.4, 0.5) is 14.5 Å². The van der Waals surface area contributed by atoms with Gasteiger partial charge in [0.2, 0.25) is 0 Å². The summed E-state index contributed by atoms with van der Waals surface area (Å²) in [4.78, 5) is 19.0. The van der Waals surface area contributed by atoms with E-state index in [1.165, 1.54) is 18.2 Å². The van der Waals surface area contributed by atoms with Crippen LogP contribution in [0.3, 0.4) is 0 Å². The molecule has 1 aromatic heterocycles. The van der Waals surface area contributed by atoms with E-state index in [4.69, 9.17) is 21.1 Å². The molecule has 4 rings (SSSR count). The minimum atomic E-state index is -0.505. The van der Waals surface area contributed by atoms with E-state index in [9.17, 15) is 9.18 Å². The monoisotopic (exact) mass is 542 g/mol. The average molecular weight is 543 g/mol. The Labute approximate surface area is 227 Å². The van der Waals surface area contributed by atoms with Gasteiger partial charge in [-0.3, -0.25) is 4.79 Å². The fourth-order valence-corrected chi connectivity index (χ4v) is 4.86. The summed E-state index contributed by atoms with van der Waals surface area (Å²) in [5, 5.41) is 0.239. The molecule has 0 radical (unpaired) electrons.